The molecule has 8 heteroatoms. The Bertz CT molecular complexity index is 884. The van der Waals surface area contributed by atoms with Gasteiger partial charge in [-0.05, 0) is 38.4 Å². The normalized spacial score (nSPS) is 24.3. The van der Waals surface area contributed by atoms with E-state index in [1.807, 2.05) is 13.0 Å². The van der Waals surface area contributed by atoms with Crippen molar-refractivity contribution in [3.8, 4) is 0 Å². The van der Waals surface area contributed by atoms with Crippen LogP contribution in [-0.4, -0.2) is 39.3 Å². The van der Waals surface area contributed by atoms with Crippen molar-refractivity contribution in [3.05, 3.63) is 58.1 Å². The SMILES string of the molecule is C[C@@H]1[C@H](O)[C@@H](C)O[C@H]1n1cc(CCCN)c(NC(=O)c2ccccc2)nc1=O. The van der Waals surface area contributed by atoms with Crippen LogP contribution in [0.3, 0.4) is 0 Å². The Morgan fingerprint density at radius 2 is 2.04 bits per heavy atom. The molecule has 1 aliphatic rings. The maximum atomic E-state index is 12.6. The number of aliphatic hydroxyl groups is 1. The van der Waals surface area contributed by atoms with Crippen LogP contribution in [0.4, 0.5) is 5.82 Å². The molecule has 1 saturated heterocycles. The largest absolute Gasteiger partial charge is 0.390 e. The van der Waals surface area contributed by atoms with E-state index < -0.39 is 18.0 Å². The molecule has 1 amide bonds. The fraction of sp³-hybridized carbons (Fsp3) is 0.450. The number of aromatic nitrogens is 2. The molecule has 0 aliphatic carbocycles. The summed E-state index contributed by atoms with van der Waals surface area (Å²) < 4.78 is 7.15. The van der Waals surface area contributed by atoms with E-state index in [0.29, 0.717) is 30.5 Å². The number of anilines is 1. The van der Waals surface area contributed by atoms with Crippen LogP contribution in [0, 0.1) is 5.92 Å². The van der Waals surface area contributed by atoms with E-state index >= 15 is 0 Å². The number of hydrogen-bond donors (Lipinski definition) is 3. The Kier molecular flexibility index (Phi) is 6.23. The van der Waals surface area contributed by atoms with E-state index in [1.54, 1.807) is 37.4 Å². The molecule has 1 aliphatic heterocycles. The molecule has 0 radical (unpaired) electrons. The monoisotopic (exact) mass is 386 g/mol. The van der Waals surface area contributed by atoms with Gasteiger partial charge < -0.3 is 20.9 Å². The summed E-state index contributed by atoms with van der Waals surface area (Å²) in [6, 6.07) is 8.73. The summed E-state index contributed by atoms with van der Waals surface area (Å²) >= 11 is 0. The minimum absolute atomic E-state index is 0.225. The number of nitrogens with two attached hydrogens (primary N) is 1. The lowest BCUT2D eigenvalue weighted by molar-refractivity contribution is -0.0143. The molecule has 3 rings (SSSR count). The van der Waals surface area contributed by atoms with E-state index in [1.165, 1.54) is 4.57 Å². The van der Waals surface area contributed by atoms with E-state index in [-0.39, 0.29) is 23.7 Å². The van der Waals surface area contributed by atoms with E-state index in [0.717, 1.165) is 0 Å². The maximum absolute atomic E-state index is 12.6. The molecule has 0 unspecified atom stereocenters. The van der Waals surface area contributed by atoms with Gasteiger partial charge in [0.1, 0.15) is 12.0 Å². The molecule has 1 fully saturated rings. The third kappa shape index (κ3) is 4.14. The van der Waals surface area contributed by atoms with Gasteiger partial charge in [0.15, 0.2) is 0 Å². The van der Waals surface area contributed by atoms with Crippen molar-refractivity contribution in [3.63, 3.8) is 0 Å². The maximum Gasteiger partial charge on any atom is 0.351 e. The van der Waals surface area contributed by atoms with Crippen LogP contribution < -0.4 is 16.7 Å². The lowest BCUT2D eigenvalue weighted by atomic mass is 10.0. The zero-order valence-electron chi connectivity index (χ0n) is 16.0. The minimum atomic E-state index is -0.665. The second-order valence-electron chi connectivity index (χ2n) is 7.10. The molecule has 1 aromatic heterocycles. The number of ether oxygens (including phenoxy) is 1. The lowest BCUT2D eigenvalue weighted by Gasteiger charge is -2.20. The molecule has 4 N–H and O–H groups in total. The van der Waals surface area contributed by atoms with Gasteiger partial charge in [0, 0.05) is 23.2 Å². The van der Waals surface area contributed by atoms with Gasteiger partial charge in [-0.2, -0.15) is 4.98 Å². The topological polar surface area (TPSA) is 119 Å². The molecule has 1 aromatic carbocycles. The lowest BCUT2D eigenvalue weighted by Crippen LogP contribution is -2.32. The molecule has 28 heavy (non-hydrogen) atoms. The van der Waals surface area contributed by atoms with E-state index in [4.69, 9.17) is 10.5 Å². The van der Waals surface area contributed by atoms with Crippen LogP contribution in [0.5, 0.6) is 0 Å². The predicted molar refractivity (Wildman–Crippen MR) is 105 cm³/mol. The summed E-state index contributed by atoms with van der Waals surface area (Å²) in [7, 11) is 0. The summed E-state index contributed by atoms with van der Waals surface area (Å²) in [5.74, 6) is -0.377. The van der Waals surface area contributed by atoms with Crippen LogP contribution >= 0.6 is 0 Å². The van der Waals surface area contributed by atoms with Crippen LogP contribution in [0.15, 0.2) is 41.3 Å². The highest BCUT2D eigenvalue weighted by Gasteiger charge is 2.40. The van der Waals surface area contributed by atoms with Crippen molar-refractivity contribution in [2.75, 3.05) is 11.9 Å². The molecule has 0 saturated carbocycles. The molecule has 4 atom stereocenters. The van der Waals surface area contributed by atoms with Crippen molar-refractivity contribution in [1.29, 1.82) is 0 Å². The smallest absolute Gasteiger partial charge is 0.351 e. The minimum Gasteiger partial charge on any atom is -0.390 e. The first-order chi connectivity index (χ1) is 13.4. The third-order valence-electron chi connectivity index (χ3n) is 5.04. The summed E-state index contributed by atoms with van der Waals surface area (Å²) in [6.45, 7) is 4.07. The number of rotatable bonds is 6. The molecular formula is C20H26N4O4. The van der Waals surface area contributed by atoms with Gasteiger partial charge in [-0.1, -0.05) is 25.1 Å². The average molecular weight is 386 g/mol. The highest BCUT2D eigenvalue weighted by atomic mass is 16.5. The second kappa shape index (κ2) is 8.64. The van der Waals surface area contributed by atoms with Crippen molar-refractivity contribution in [1.82, 2.24) is 9.55 Å². The van der Waals surface area contributed by atoms with Crippen molar-refractivity contribution in [2.24, 2.45) is 11.7 Å². The molecule has 0 spiro atoms. The number of aliphatic hydroxyl groups excluding tert-OH is 1. The summed E-state index contributed by atoms with van der Waals surface area (Å²) in [5.41, 5.74) is 6.26. The Balaban J connectivity index is 1.93. The molecule has 2 heterocycles. The summed E-state index contributed by atoms with van der Waals surface area (Å²) in [4.78, 5) is 29.2. The number of hydrogen-bond acceptors (Lipinski definition) is 6. The van der Waals surface area contributed by atoms with E-state index in [2.05, 4.69) is 10.3 Å². The number of amides is 1. The van der Waals surface area contributed by atoms with Gasteiger partial charge in [0.05, 0.1) is 12.2 Å². The Morgan fingerprint density at radius 1 is 1.32 bits per heavy atom. The van der Waals surface area contributed by atoms with E-state index in [9.17, 15) is 14.7 Å². The van der Waals surface area contributed by atoms with Gasteiger partial charge in [-0.3, -0.25) is 9.36 Å². The van der Waals surface area contributed by atoms with Gasteiger partial charge >= 0.3 is 5.69 Å². The highest BCUT2D eigenvalue weighted by Crippen LogP contribution is 2.33. The number of nitrogens with zero attached hydrogens (tertiary/aromatic N) is 2. The summed E-state index contributed by atoms with van der Waals surface area (Å²) in [5, 5.41) is 12.9. The molecular weight excluding hydrogens is 360 g/mol. The van der Waals surface area contributed by atoms with Gasteiger partial charge in [0.2, 0.25) is 0 Å². The fourth-order valence-corrected chi connectivity index (χ4v) is 3.38. The first-order valence-corrected chi connectivity index (χ1v) is 9.44. The first kappa shape index (κ1) is 20.2. The number of nitrogens with one attached hydrogen (secondary N) is 1. The Labute approximate surface area is 163 Å². The number of aryl methyl sites for hydroxylation is 1. The number of carbonyl (C=O) groups is 1. The van der Waals surface area contributed by atoms with Crippen molar-refractivity contribution in [2.45, 2.75) is 45.1 Å². The molecule has 8 nitrogen and oxygen atoms in total. The van der Waals surface area contributed by atoms with Crippen LogP contribution in [-0.2, 0) is 11.2 Å². The average Bonchev–Trinajstić information content (AvgIpc) is 2.95. The third-order valence-corrected chi connectivity index (χ3v) is 5.04. The zero-order valence-corrected chi connectivity index (χ0v) is 16.0. The second-order valence-corrected chi connectivity index (χ2v) is 7.10. The van der Waals surface area contributed by atoms with Crippen molar-refractivity contribution < 1.29 is 14.6 Å². The Hall–Kier alpha value is -2.55. The van der Waals surface area contributed by atoms with Gasteiger partial charge in [-0.15, -0.1) is 0 Å². The summed E-state index contributed by atoms with van der Waals surface area (Å²) in [6.07, 6.45) is 1.22. The van der Waals surface area contributed by atoms with Crippen molar-refractivity contribution >= 4 is 11.7 Å². The number of benzene rings is 1. The quantitative estimate of drug-likeness (QED) is 0.688. The predicted octanol–water partition coefficient (Wildman–Crippen LogP) is 1.30. The fourth-order valence-electron chi connectivity index (χ4n) is 3.38. The van der Waals surface area contributed by atoms with Crippen LogP contribution in [0.2, 0.25) is 0 Å². The zero-order chi connectivity index (χ0) is 20.3. The first-order valence-electron chi connectivity index (χ1n) is 9.44. The highest BCUT2D eigenvalue weighted by molar-refractivity contribution is 6.04. The molecule has 2 aromatic rings. The van der Waals surface area contributed by atoms with Gasteiger partial charge in [-0.25, -0.2) is 4.79 Å². The standard InChI is InChI=1S/C20H26N4O4/c1-12-16(25)13(2)28-19(12)24-11-15(9-6-10-21)17(23-20(24)27)22-18(26)14-7-4-3-5-8-14/h3-5,7-8,11-13,16,19,25H,6,9-10,21H2,1-2H3,(H,22,23,26,27)/t12-,13-,16+,19-/m1/s1. The van der Waals surface area contributed by atoms with Crippen LogP contribution in [0.25, 0.3) is 0 Å². The Morgan fingerprint density at radius 3 is 2.64 bits per heavy atom. The molecule has 0 bridgehead atoms. The molecule has 150 valence electrons. The van der Waals surface area contributed by atoms with Gasteiger partial charge in [0.25, 0.3) is 5.91 Å². The number of carbonyl (C=O) groups excluding carboxylic acids is 1. The van der Waals surface area contributed by atoms with Crippen LogP contribution in [0.1, 0.15) is 42.4 Å².